The largest absolute Gasteiger partial charge is 0.453 e. The van der Waals surface area contributed by atoms with E-state index in [1.165, 1.54) is 23.8 Å². The van der Waals surface area contributed by atoms with E-state index in [9.17, 15) is 9.90 Å². The molecule has 0 radical (unpaired) electrons. The number of amides is 1. The number of hydrogen-bond donors (Lipinski definition) is 3. The molecule has 1 aromatic carbocycles. The van der Waals surface area contributed by atoms with Gasteiger partial charge in [-0.2, -0.15) is 9.61 Å². The molecule has 2 aliphatic carbocycles. The zero-order chi connectivity index (χ0) is 31.2. The van der Waals surface area contributed by atoms with Crippen molar-refractivity contribution in [2.75, 3.05) is 19.5 Å². The Labute approximate surface area is 254 Å². The van der Waals surface area contributed by atoms with Crippen LogP contribution >= 0.6 is 0 Å². The van der Waals surface area contributed by atoms with E-state index in [1.54, 1.807) is 42.7 Å². The van der Waals surface area contributed by atoms with Crippen LogP contribution in [0.3, 0.4) is 0 Å². The predicted molar refractivity (Wildman–Crippen MR) is 161 cm³/mol. The number of aliphatic hydroxyl groups is 1. The van der Waals surface area contributed by atoms with Crippen molar-refractivity contribution in [2.24, 2.45) is 11.7 Å². The molecule has 0 aliphatic heterocycles. The molecule has 4 aromatic rings. The third kappa shape index (κ3) is 5.36. The van der Waals surface area contributed by atoms with E-state index < -0.39 is 23.3 Å². The maximum absolute atomic E-state index is 15.4. The van der Waals surface area contributed by atoms with Crippen LogP contribution in [0, 0.1) is 17.6 Å². The van der Waals surface area contributed by atoms with Gasteiger partial charge in [0, 0.05) is 19.3 Å². The van der Waals surface area contributed by atoms with Crippen LogP contribution in [-0.2, 0) is 10.3 Å². The molecular formula is C32H37F2N7O3. The number of nitrogens with zero attached hydrogens (tertiary/aromatic N) is 5. The van der Waals surface area contributed by atoms with E-state index in [0.717, 1.165) is 24.8 Å². The van der Waals surface area contributed by atoms with Gasteiger partial charge in [0.05, 0.1) is 53.6 Å². The first-order valence-electron chi connectivity index (χ1n) is 14.9. The smallest absolute Gasteiger partial charge is 0.409 e. The third-order valence-electron chi connectivity index (χ3n) is 9.34. The number of nitrogens with one attached hydrogen (secondary N) is 1. The predicted octanol–water partition coefficient (Wildman–Crippen LogP) is 5.48. The lowest BCUT2D eigenvalue weighted by Crippen LogP contribution is -2.55. The molecule has 3 aromatic heterocycles. The Bertz CT molecular complexity index is 1650. The molecule has 2 saturated carbocycles. The summed E-state index contributed by atoms with van der Waals surface area (Å²) in [5.74, 6) is -1.02. The van der Waals surface area contributed by atoms with Crippen molar-refractivity contribution in [3.63, 3.8) is 0 Å². The number of carbonyl (C=O) groups is 1. The third-order valence-corrected chi connectivity index (χ3v) is 9.34. The number of halogens is 2. The van der Waals surface area contributed by atoms with Crippen LogP contribution in [0.5, 0.6) is 0 Å². The highest BCUT2D eigenvalue weighted by molar-refractivity contribution is 5.68. The number of hydrogen-bond acceptors (Lipinski definition) is 8. The quantitative estimate of drug-likeness (QED) is 0.263. The molecule has 2 fully saturated rings. The van der Waals surface area contributed by atoms with Crippen molar-refractivity contribution in [1.82, 2.24) is 24.5 Å². The van der Waals surface area contributed by atoms with Crippen LogP contribution in [0.1, 0.15) is 62.5 Å². The first kappa shape index (κ1) is 29.9. The molecule has 1 amide bonds. The van der Waals surface area contributed by atoms with Crippen LogP contribution in [0.15, 0.2) is 48.9 Å². The number of likely N-dealkylation sites (N-methyl/N-ethyl adjacent to an activating group) is 1. The number of fused-ring (bicyclic) bond motifs is 1. The summed E-state index contributed by atoms with van der Waals surface area (Å²) < 4.78 is 37.2. The molecule has 2 aliphatic rings. The Balaban J connectivity index is 1.28. The molecule has 10 nitrogen and oxygen atoms in total. The maximum Gasteiger partial charge on any atom is 0.409 e. The van der Waals surface area contributed by atoms with E-state index in [2.05, 4.69) is 27.3 Å². The number of nitrogens with two attached hydrogens (primary N) is 1. The van der Waals surface area contributed by atoms with Gasteiger partial charge in [-0.15, -0.1) is 0 Å². The fourth-order valence-corrected chi connectivity index (χ4v) is 7.19. The van der Waals surface area contributed by atoms with E-state index in [-0.39, 0.29) is 40.7 Å². The number of rotatable bonds is 6. The van der Waals surface area contributed by atoms with Gasteiger partial charge in [-0.05, 0) is 79.0 Å². The number of methoxy groups -OCH3 is 1. The highest BCUT2D eigenvalue weighted by Gasteiger charge is 2.39. The second-order valence-corrected chi connectivity index (χ2v) is 12.2. The number of imidazole rings is 1. The summed E-state index contributed by atoms with van der Waals surface area (Å²) in [4.78, 5) is 22.6. The molecule has 12 heteroatoms. The van der Waals surface area contributed by atoms with Crippen LogP contribution in [-0.4, -0.2) is 61.9 Å². The second kappa shape index (κ2) is 11.7. The maximum atomic E-state index is 15.4. The van der Waals surface area contributed by atoms with Gasteiger partial charge in [-0.25, -0.2) is 18.6 Å². The van der Waals surface area contributed by atoms with E-state index in [1.807, 2.05) is 6.07 Å². The highest BCUT2D eigenvalue weighted by Crippen LogP contribution is 2.42. The Morgan fingerprint density at radius 2 is 1.89 bits per heavy atom. The lowest BCUT2D eigenvalue weighted by Gasteiger charge is -2.43. The fraction of sp³-hybridized carbons (Fsp3) is 0.438. The molecule has 4 N–H and O–H groups in total. The zero-order valence-corrected chi connectivity index (χ0v) is 25.0. The first-order valence-corrected chi connectivity index (χ1v) is 14.9. The lowest BCUT2D eigenvalue weighted by molar-refractivity contribution is 0.0438. The standard InChI is InChI=1S/C32H37F2N7O3/c1-18-12-19(13-25(35)29(18)40(2)31(42)44-3)22-8-11-36-17-27(22)38-30-37-16-21-6-7-26(39-41(21)30)28-23(33)14-20(15-24(28)34)32(43)9-4-5-10-32/h6-8,11,14-19,25,29,43H,4-5,9-10,12-13,35H2,1-3H3,(H,37,38). The first-order chi connectivity index (χ1) is 21.1. The molecular weight excluding hydrogens is 568 g/mol. The normalized spacial score (nSPS) is 23.1. The van der Waals surface area contributed by atoms with E-state index in [4.69, 9.17) is 10.5 Å². The molecule has 44 heavy (non-hydrogen) atoms. The van der Waals surface area contributed by atoms with E-state index >= 15 is 8.78 Å². The van der Waals surface area contributed by atoms with Crippen molar-refractivity contribution in [2.45, 2.75) is 69.1 Å². The van der Waals surface area contributed by atoms with Crippen LogP contribution in [0.4, 0.5) is 25.2 Å². The number of anilines is 2. The van der Waals surface area contributed by atoms with Crippen molar-refractivity contribution >= 4 is 23.2 Å². The Kier molecular flexibility index (Phi) is 7.97. The number of ether oxygens (including phenoxy) is 1. The molecule has 4 atom stereocenters. The van der Waals surface area contributed by atoms with Gasteiger partial charge in [0.1, 0.15) is 11.6 Å². The van der Waals surface area contributed by atoms with Gasteiger partial charge >= 0.3 is 6.09 Å². The summed E-state index contributed by atoms with van der Waals surface area (Å²) >= 11 is 0. The number of pyridine rings is 1. The Morgan fingerprint density at radius 1 is 1.16 bits per heavy atom. The lowest BCUT2D eigenvalue weighted by atomic mass is 9.73. The Hall–Kier alpha value is -4.16. The summed E-state index contributed by atoms with van der Waals surface area (Å²) in [6.45, 7) is 2.08. The molecule has 4 unspecified atom stereocenters. The summed E-state index contributed by atoms with van der Waals surface area (Å²) in [6, 6.07) is 7.19. The number of aromatic nitrogens is 4. The summed E-state index contributed by atoms with van der Waals surface area (Å²) in [7, 11) is 3.07. The highest BCUT2D eigenvalue weighted by atomic mass is 19.1. The van der Waals surface area contributed by atoms with Crippen LogP contribution < -0.4 is 11.1 Å². The van der Waals surface area contributed by atoms with Gasteiger partial charge in [0.2, 0.25) is 5.95 Å². The molecule has 0 spiro atoms. The monoisotopic (exact) mass is 605 g/mol. The van der Waals surface area contributed by atoms with Gasteiger partial charge in [-0.3, -0.25) is 4.98 Å². The van der Waals surface area contributed by atoms with Crippen LogP contribution in [0.25, 0.3) is 16.8 Å². The molecule has 6 rings (SSSR count). The second-order valence-electron chi connectivity index (χ2n) is 12.2. The fourth-order valence-electron chi connectivity index (χ4n) is 7.19. The van der Waals surface area contributed by atoms with Crippen molar-refractivity contribution in [1.29, 1.82) is 0 Å². The minimum absolute atomic E-state index is 0.0823. The van der Waals surface area contributed by atoms with Gasteiger partial charge in [0.25, 0.3) is 0 Å². The van der Waals surface area contributed by atoms with Gasteiger partial charge < -0.3 is 25.8 Å². The minimum atomic E-state index is -1.21. The van der Waals surface area contributed by atoms with Crippen LogP contribution in [0.2, 0.25) is 0 Å². The molecule has 0 bridgehead atoms. The summed E-state index contributed by atoms with van der Waals surface area (Å²) in [5.41, 5.74) is 7.81. The van der Waals surface area contributed by atoms with Crippen molar-refractivity contribution in [3.8, 4) is 11.3 Å². The van der Waals surface area contributed by atoms with Gasteiger partial charge in [-0.1, -0.05) is 19.8 Å². The zero-order valence-electron chi connectivity index (χ0n) is 25.0. The summed E-state index contributed by atoms with van der Waals surface area (Å²) in [5, 5.41) is 18.7. The van der Waals surface area contributed by atoms with Gasteiger partial charge in [0.15, 0.2) is 0 Å². The average molecular weight is 606 g/mol. The topological polar surface area (TPSA) is 131 Å². The SMILES string of the molecule is COC(=O)N(C)C1C(C)CC(c2ccncc2Nc2ncc3ccc(-c4c(F)cc(C5(O)CCCC5)cc4F)nn23)CC1N. The number of carbonyl (C=O) groups excluding carboxylic acids is 1. The van der Waals surface area contributed by atoms with E-state index in [0.29, 0.717) is 36.4 Å². The van der Waals surface area contributed by atoms with Crippen molar-refractivity contribution < 1.29 is 23.4 Å². The molecule has 0 saturated heterocycles. The number of benzene rings is 1. The summed E-state index contributed by atoms with van der Waals surface area (Å²) in [6.07, 6.45) is 8.64. The minimum Gasteiger partial charge on any atom is -0.453 e. The Morgan fingerprint density at radius 3 is 2.57 bits per heavy atom. The molecule has 232 valence electrons. The average Bonchev–Trinajstić information content (AvgIpc) is 3.63. The van der Waals surface area contributed by atoms with Crippen molar-refractivity contribution in [3.05, 3.63) is 71.7 Å². The molecule has 3 heterocycles.